The van der Waals surface area contributed by atoms with Crippen molar-refractivity contribution in [3.8, 4) is 0 Å². The van der Waals surface area contributed by atoms with E-state index < -0.39 is 20.2 Å². The smallest absolute Gasteiger partial charge is 0.264 e. The van der Waals surface area contributed by atoms with Crippen LogP contribution in [-0.4, -0.2) is 67.4 Å². The number of benzene rings is 2. The van der Waals surface area contributed by atoms with Crippen LogP contribution < -0.4 is 4.90 Å². The van der Waals surface area contributed by atoms with Crippen molar-refractivity contribution in [2.24, 2.45) is 0 Å². The molecule has 3 aliphatic rings. The fourth-order valence-electron chi connectivity index (χ4n) is 6.88. The molecule has 0 aliphatic carbocycles. The van der Waals surface area contributed by atoms with E-state index in [2.05, 4.69) is 67.5 Å². The first-order valence-electron chi connectivity index (χ1n) is 16.1. The highest BCUT2D eigenvalue weighted by Crippen LogP contribution is 2.48. The third-order valence-electron chi connectivity index (χ3n) is 9.38. The number of unbranched alkanes of at least 4 members (excludes halogenated alkanes) is 2. The summed E-state index contributed by atoms with van der Waals surface area (Å²) in [4.78, 5) is 2.18. The Hall–Kier alpha value is -3.22. The van der Waals surface area contributed by atoms with Gasteiger partial charge in [-0.15, -0.1) is 0 Å². The molecule has 0 saturated carbocycles. The lowest BCUT2D eigenvalue weighted by Gasteiger charge is -2.27. The summed E-state index contributed by atoms with van der Waals surface area (Å²) in [5, 5.41) is 0.511. The average Bonchev–Trinajstić information content (AvgIpc) is 3.54. The number of allylic oxidation sites excluding steroid dienone is 5. The van der Waals surface area contributed by atoms with Crippen molar-refractivity contribution in [3.63, 3.8) is 0 Å². The van der Waals surface area contributed by atoms with Gasteiger partial charge in [-0.2, -0.15) is 13.0 Å². The van der Waals surface area contributed by atoms with Crippen LogP contribution in [-0.2, 0) is 35.8 Å². The fourth-order valence-corrected chi connectivity index (χ4v) is 8.25. The second-order valence-electron chi connectivity index (χ2n) is 13.5. The van der Waals surface area contributed by atoms with Crippen LogP contribution in [0.3, 0.4) is 0 Å². The maximum absolute atomic E-state index is 11.3. The number of anilines is 1. The molecule has 0 unspecified atom stereocenters. The standard InChI is InChI=1S/C36H43ClN2O7S2/c1-35(2)27-13-5-7-15-29(27)38(21-9-11-23-47(40,41)42)32(35)19-17-26-25-46-31(34(26)37)18-20-33-36(3,4)28-14-6-8-16-30(28)39(33)22-10-12-24-48(43,44)45/h5-8,13-20H,9-12,21-25H2,1-4H3,(H-,40,41,42,43,44,45). The van der Waals surface area contributed by atoms with E-state index in [1.54, 1.807) is 0 Å². The number of ether oxygens (including phenoxy) is 1. The maximum atomic E-state index is 11.3. The summed E-state index contributed by atoms with van der Waals surface area (Å²) >= 11 is 6.90. The third-order valence-corrected chi connectivity index (χ3v) is 11.4. The summed E-state index contributed by atoms with van der Waals surface area (Å²) in [6.45, 7) is 10.1. The molecular weight excluding hydrogens is 672 g/mol. The zero-order valence-corrected chi connectivity index (χ0v) is 30.2. The quantitative estimate of drug-likeness (QED) is 0.138. The summed E-state index contributed by atoms with van der Waals surface area (Å²) in [6.07, 6.45) is 9.70. The van der Waals surface area contributed by atoms with Crippen molar-refractivity contribution in [2.75, 3.05) is 36.1 Å². The van der Waals surface area contributed by atoms with Crippen molar-refractivity contribution >= 4 is 48.9 Å². The van der Waals surface area contributed by atoms with Crippen molar-refractivity contribution in [2.45, 2.75) is 64.2 Å². The number of para-hydroxylation sites is 2. The largest absolute Gasteiger partial charge is 0.748 e. The minimum Gasteiger partial charge on any atom is -0.748 e. The van der Waals surface area contributed by atoms with Crippen LogP contribution in [0.1, 0.15) is 64.5 Å². The molecule has 48 heavy (non-hydrogen) atoms. The summed E-state index contributed by atoms with van der Waals surface area (Å²) in [5.41, 5.74) is 6.71. The van der Waals surface area contributed by atoms with Gasteiger partial charge in [0.05, 0.1) is 26.3 Å². The van der Waals surface area contributed by atoms with Gasteiger partial charge in [0, 0.05) is 58.8 Å². The minimum atomic E-state index is -4.26. The molecule has 0 saturated heterocycles. The predicted molar refractivity (Wildman–Crippen MR) is 190 cm³/mol. The van der Waals surface area contributed by atoms with Crippen molar-refractivity contribution < 1.29 is 35.3 Å². The fraction of sp³-hybridized carbons (Fsp3) is 0.417. The monoisotopic (exact) mass is 714 g/mol. The highest BCUT2D eigenvalue weighted by molar-refractivity contribution is 7.85. The van der Waals surface area contributed by atoms with E-state index in [-0.39, 0.29) is 28.8 Å². The van der Waals surface area contributed by atoms with E-state index in [1.165, 1.54) is 5.56 Å². The Bertz CT molecular complexity index is 1960. The van der Waals surface area contributed by atoms with Crippen LogP contribution in [0.5, 0.6) is 0 Å². The molecule has 0 aromatic heterocycles. The van der Waals surface area contributed by atoms with Gasteiger partial charge < -0.3 is 14.2 Å². The molecule has 12 heteroatoms. The molecular formula is C36H43ClN2O7S2. The molecule has 0 atom stereocenters. The molecule has 2 aromatic rings. The predicted octanol–water partition coefficient (Wildman–Crippen LogP) is 6.70. The van der Waals surface area contributed by atoms with E-state index >= 15 is 0 Å². The van der Waals surface area contributed by atoms with E-state index in [0.717, 1.165) is 33.9 Å². The lowest BCUT2D eigenvalue weighted by Crippen LogP contribution is -2.28. The van der Waals surface area contributed by atoms with Crippen molar-refractivity contribution in [1.82, 2.24) is 0 Å². The molecule has 1 N–H and O–H groups in total. The SMILES string of the molecule is CC1(C)C(/C=C/C2=C(Cl)C(=C/C=C3/N(CCCCS(=O)(=O)[O-])c4ccccc4C3(C)C)/OC2)=[N+](CCCCS(=O)(=O)O)c2ccccc21. The molecule has 0 fully saturated rings. The Labute approximate surface area is 289 Å². The lowest BCUT2D eigenvalue weighted by atomic mass is 9.81. The van der Waals surface area contributed by atoms with Crippen LogP contribution >= 0.6 is 11.6 Å². The van der Waals surface area contributed by atoms with Crippen LogP contribution in [0, 0.1) is 0 Å². The number of nitrogens with zero attached hydrogens (tertiary/aromatic N) is 2. The van der Waals surface area contributed by atoms with Gasteiger partial charge in [-0.05, 0) is 63.0 Å². The second kappa shape index (κ2) is 14.0. The Balaban J connectivity index is 1.41. The van der Waals surface area contributed by atoms with Crippen molar-refractivity contribution in [3.05, 3.63) is 106 Å². The number of fused-ring (bicyclic) bond motifs is 2. The minimum absolute atomic E-state index is 0.269. The van der Waals surface area contributed by atoms with Crippen LogP contribution in [0.2, 0.25) is 0 Å². The number of halogens is 1. The summed E-state index contributed by atoms with van der Waals surface area (Å²) < 4.78 is 73.4. The van der Waals surface area contributed by atoms with E-state index in [1.807, 2.05) is 42.5 Å². The van der Waals surface area contributed by atoms with Gasteiger partial charge in [0.1, 0.15) is 18.9 Å². The zero-order valence-electron chi connectivity index (χ0n) is 27.8. The molecule has 2 aromatic carbocycles. The Morgan fingerprint density at radius 3 is 2.27 bits per heavy atom. The first-order valence-corrected chi connectivity index (χ1v) is 19.7. The first-order chi connectivity index (χ1) is 22.5. The normalized spacial score (nSPS) is 20.4. The van der Waals surface area contributed by atoms with Gasteiger partial charge in [-0.3, -0.25) is 4.55 Å². The number of rotatable bonds is 13. The Kier molecular flexibility index (Phi) is 10.5. The highest BCUT2D eigenvalue weighted by atomic mass is 35.5. The summed E-state index contributed by atoms with van der Waals surface area (Å²) in [6, 6.07) is 16.3. The molecule has 0 spiro atoms. The highest BCUT2D eigenvalue weighted by Gasteiger charge is 2.44. The van der Waals surface area contributed by atoms with E-state index in [4.69, 9.17) is 16.3 Å². The molecule has 0 amide bonds. The van der Waals surface area contributed by atoms with Crippen LogP contribution in [0.15, 0.2) is 94.9 Å². The Morgan fingerprint density at radius 2 is 1.56 bits per heavy atom. The molecule has 5 rings (SSSR count). The van der Waals surface area contributed by atoms with Crippen molar-refractivity contribution in [1.29, 1.82) is 0 Å². The van der Waals surface area contributed by atoms with E-state index in [0.29, 0.717) is 49.8 Å². The van der Waals surface area contributed by atoms with Gasteiger partial charge in [-0.1, -0.05) is 61.8 Å². The molecule has 0 radical (unpaired) electrons. The second-order valence-corrected chi connectivity index (χ2v) is 17.0. The number of hydrogen-bond donors (Lipinski definition) is 1. The zero-order chi connectivity index (χ0) is 34.9. The maximum Gasteiger partial charge on any atom is 0.264 e. The lowest BCUT2D eigenvalue weighted by molar-refractivity contribution is -0.438. The van der Waals surface area contributed by atoms with Gasteiger partial charge in [0.15, 0.2) is 5.71 Å². The van der Waals surface area contributed by atoms with Gasteiger partial charge in [0.2, 0.25) is 5.69 Å². The topological polar surface area (TPSA) is 127 Å². The number of hydrogen-bond acceptors (Lipinski definition) is 7. The van der Waals surface area contributed by atoms with Crippen LogP contribution in [0.4, 0.5) is 11.4 Å². The molecule has 9 nitrogen and oxygen atoms in total. The third kappa shape index (κ3) is 7.81. The van der Waals surface area contributed by atoms with Gasteiger partial charge in [-0.25, -0.2) is 8.42 Å². The summed E-state index contributed by atoms with van der Waals surface area (Å²) in [7, 11) is -8.27. The van der Waals surface area contributed by atoms with Crippen LogP contribution in [0.25, 0.3) is 0 Å². The Morgan fingerprint density at radius 1 is 0.896 bits per heavy atom. The molecule has 258 valence electrons. The first kappa shape index (κ1) is 36.1. The van der Waals surface area contributed by atoms with E-state index in [9.17, 15) is 25.9 Å². The van der Waals surface area contributed by atoms with Gasteiger partial charge >= 0.3 is 0 Å². The molecule has 0 bridgehead atoms. The molecule has 3 heterocycles. The average molecular weight is 715 g/mol. The molecule has 3 aliphatic heterocycles. The summed E-state index contributed by atoms with van der Waals surface area (Å²) in [5.74, 6) is -0.100. The van der Waals surface area contributed by atoms with Gasteiger partial charge in [0.25, 0.3) is 10.1 Å².